The van der Waals surface area contributed by atoms with Crippen LogP contribution in [0.25, 0.3) is 11.0 Å². The van der Waals surface area contributed by atoms with Crippen molar-refractivity contribution in [2.75, 3.05) is 11.9 Å². The van der Waals surface area contributed by atoms with E-state index >= 15 is 0 Å². The molecule has 0 bridgehead atoms. The SMILES string of the molecule is CCOc1ccc(C(=O)c2oc3ccccc3c2NC(=O)CCc2ccccc2)cc1Cl. The van der Waals surface area contributed by atoms with Gasteiger partial charge in [-0.05, 0) is 49.2 Å². The van der Waals surface area contributed by atoms with Gasteiger partial charge in [0.05, 0.1) is 17.3 Å². The summed E-state index contributed by atoms with van der Waals surface area (Å²) < 4.78 is 11.3. The van der Waals surface area contributed by atoms with Crippen molar-refractivity contribution in [2.45, 2.75) is 19.8 Å². The molecule has 1 aromatic heterocycles. The molecule has 0 unspecified atom stereocenters. The maximum Gasteiger partial charge on any atom is 0.230 e. The molecular formula is C26H22ClNO4. The van der Waals surface area contributed by atoms with Crippen molar-refractivity contribution >= 4 is 39.9 Å². The van der Waals surface area contributed by atoms with Crippen LogP contribution in [-0.4, -0.2) is 18.3 Å². The first-order chi connectivity index (χ1) is 15.6. The number of anilines is 1. The molecule has 0 aliphatic heterocycles. The van der Waals surface area contributed by atoms with Gasteiger partial charge in [0.2, 0.25) is 11.7 Å². The highest BCUT2D eigenvalue weighted by atomic mass is 35.5. The molecule has 0 fully saturated rings. The molecule has 0 aliphatic rings. The van der Waals surface area contributed by atoms with E-state index in [2.05, 4.69) is 5.32 Å². The number of halogens is 1. The van der Waals surface area contributed by atoms with Crippen LogP contribution in [0.1, 0.15) is 35.0 Å². The van der Waals surface area contributed by atoms with Crippen LogP contribution in [0.4, 0.5) is 5.69 Å². The average molecular weight is 448 g/mol. The van der Waals surface area contributed by atoms with Gasteiger partial charge in [-0.1, -0.05) is 54.1 Å². The van der Waals surface area contributed by atoms with E-state index in [0.29, 0.717) is 46.0 Å². The largest absolute Gasteiger partial charge is 0.492 e. The Morgan fingerprint density at radius 2 is 1.75 bits per heavy atom. The Morgan fingerprint density at radius 1 is 1.00 bits per heavy atom. The molecule has 0 saturated carbocycles. The van der Waals surface area contributed by atoms with Gasteiger partial charge in [-0.2, -0.15) is 0 Å². The molecule has 4 aromatic rings. The monoisotopic (exact) mass is 447 g/mol. The number of hydrogen-bond acceptors (Lipinski definition) is 4. The van der Waals surface area contributed by atoms with Crippen LogP contribution in [0.15, 0.2) is 77.2 Å². The van der Waals surface area contributed by atoms with Crippen molar-refractivity contribution in [3.63, 3.8) is 0 Å². The topological polar surface area (TPSA) is 68.5 Å². The maximum absolute atomic E-state index is 13.3. The van der Waals surface area contributed by atoms with Crippen LogP contribution in [0.3, 0.4) is 0 Å². The standard InChI is InChI=1S/C26H22ClNO4/c1-2-31-22-14-13-18(16-20(22)27)25(30)26-24(19-10-6-7-11-21(19)32-26)28-23(29)15-12-17-8-4-3-5-9-17/h3-11,13-14,16H,2,12,15H2,1H3,(H,28,29). The minimum atomic E-state index is -0.371. The average Bonchev–Trinajstić information content (AvgIpc) is 3.17. The summed E-state index contributed by atoms with van der Waals surface area (Å²) in [7, 11) is 0. The summed E-state index contributed by atoms with van der Waals surface area (Å²) in [5.41, 5.74) is 2.30. The van der Waals surface area contributed by atoms with Gasteiger partial charge >= 0.3 is 0 Å². The summed E-state index contributed by atoms with van der Waals surface area (Å²) in [6, 6.07) is 21.8. The fourth-order valence-corrected chi connectivity index (χ4v) is 3.71. The Kier molecular flexibility index (Phi) is 6.57. The summed E-state index contributed by atoms with van der Waals surface area (Å²) in [6.45, 7) is 2.33. The van der Waals surface area contributed by atoms with E-state index in [1.165, 1.54) is 0 Å². The highest BCUT2D eigenvalue weighted by Gasteiger charge is 2.24. The molecule has 3 aromatic carbocycles. The number of ether oxygens (including phenoxy) is 1. The number of furan rings is 1. The second kappa shape index (κ2) is 9.71. The summed E-state index contributed by atoms with van der Waals surface area (Å²) in [5.74, 6) is 0.00735. The Labute approximate surface area is 191 Å². The molecule has 32 heavy (non-hydrogen) atoms. The van der Waals surface area contributed by atoms with Crippen molar-refractivity contribution in [3.05, 3.63) is 94.7 Å². The van der Waals surface area contributed by atoms with Crippen molar-refractivity contribution in [3.8, 4) is 5.75 Å². The number of para-hydroxylation sites is 1. The highest BCUT2D eigenvalue weighted by molar-refractivity contribution is 6.32. The molecule has 4 rings (SSSR count). The smallest absolute Gasteiger partial charge is 0.230 e. The first-order valence-corrected chi connectivity index (χ1v) is 10.8. The van der Waals surface area contributed by atoms with Gasteiger partial charge < -0.3 is 14.5 Å². The predicted octanol–water partition coefficient (Wildman–Crippen LogP) is 6.29. The van der Waals surface area contributed by atoms with Gasteiger partial charge in [-0.3, -0.25) is 9.59 Å². The third-order valence-electron chi connectivity index (χ3n) is 5.04. The van der Waals surface area contributed by atoms with Gasteiger partial charge in [0.15, 0.2) is 5.76 Å². The van der Waals surface area contributed by atoms with Crippen molar-refractivity contribution in [1.29, 1.82) is 0 Å². The maximum atomic E-state index is 13.3. The van der Waals surface area contributed by atoms with Crippen molar-refractivity contribution in [1.82, 2.24) is 0 Å². The lowest BCUT2D eigenvalue weighted by molar-refractivity contribution is -0.116. The molecule has 5 nitrogen and oxygen atoms in total. The lowest BCUT2D eigenvalue weighted by atomic mass is 10.1. The van der Waals surface area contributed by atoms with Crippen LogP contribution in [0.2, 0.25) is 5.02 Å². The normalized spacial score (nSPS) is 10.8. The number of benzene rings is 3. The van der Waals surface area contributed by atoms with Crippen molar-refractivity contribution in [2.24, 2.45) is 0 Å². The van der Waals surface area contributed by atoms with E-state index in [9.17, 15) is 9.59 Å². The Hall–Kier alpha value is -3.57. The van der Waals surface area contributed by atoms with Gasteiger partial charge in [-0.25, -0.2) is 0 Å². The molecule has 1 N–H and O–H groups in total. The molecule has 0 saturated heterocycles. The fourth-order valence-electron chi connectivity index (χ4n) is 3.48. The third-order valence-corrected chi connectivity index (χ3v) is 5.34. The van der Waals surface area contributed by atoms with E-state index in [1.807, 2.05) is 55.5 Å². The van der Waals surface area contributed by atoms with Crippen LogP contribution in [0, 0.1) is 0 Å². The lowest BCUT2D eigenvalue weighted by Crippen LogP contribution is -2.14. The van der Waals surface area contributed by atoms with Crippen molar-refractivity contribution < 1.29 is 18.7 Å². The summed E-state index contributed by atoms with van der Waals surface area (Å²) >= 11 is 6.26. The Morgan fingerprint density at radius 3 is 2.50 bits per heavy atom. The predicted molar refractivity (Wildman–Crippen MR) is 126 cm³/mol. The molecule has 1 heterocycles. The number of fused-ring (bicyclic) bond motifs is 1. The zero-order valence-corrected chi connectivity index (χ0v) is 18.3. The second-order valence-electron chi connectivity index (χ2n) is 7.24. The van der Waals surface area contributed by atoms with Gasteiger partial charge in [0, 0.05) is 17.4 Å². The minimum Gasteiger partial charge on any atom is -0.492 e. The number of ketones is 1. The van der Waals surface area contributed by atoms with Gasteiger partial charge in [0.1, 0.15) is 11.3 Å². The van der Waals surface area contributed by atoms with E-state index in [4.69, 9.17) is 20.8 Å². The van der Waals surface area contributed by atoms with Crippen LogP contribution in [-0.2, 0) is 11.2 Å². The van der Waals surface area contributed by atoms with Crippen LogP contribution < -0.4 is 10.1 Å². The molecule has 1 amide bonds. The van der Waals surface area contributed by atoms with Crippen LogP contribution in [0.5, 0.6) is 5.75 Å². The zero-order valence-electron chi connectivity index (χ0n) is 17.6. The third kappa shape index (κ3) is 4.68. The highest BCUT2D eigenvalue weighted by Crippen LogP contribution is 2.34. The molecule has 0 aliphatic carbocycles. The molecule has 6 heteroatoms. The number of aryl methyl sites for hydroxylation is 1. The molecular weight excluding hydrogens is 426 g/mol. The summed E-state index contributed by atoms with van der Waals surface area (Å²) in [5, 5.41) is 3.89. The fraction of sp³-hybridized carbons (Fsp3) is 0.154. The molecule has 162 valence electrons. The lowest BCUT2D eigenvalue weighted by Gasteiger charge is -2.08. The van der Waals surface area contributed by atoms with E-state index in [-0.39, 0.29) is 23.9 Å². The van der Waals surface area contributed by atoms with E-state index in [0.717, 1.165) is 5.56 Å². The Bertz CT molecular complexity index is 1260. The van der Waals surface area contributed by atoms with E-state index < -0.39 is 0 Å². The van der Waals surface area contributed by atoms with Crippen LogP contribution >= 0.6 is 11.6 Å². The molecule has 0 atom stereocenters. The second-order valence-corrected chi connectivity index (χ2v) is 7.65. The molecule has 0 spiro atoms. The zero-order chi connectivity index (χ0) is 22.5. The number of carbonyl (C=O) groups excluding carboxylic acids is 2. The first kappa shape index (κ1) is 21.7. The van der Waals surface area contributed by atoms with Gasteiger partial charge in [0.25, 0.3) is 0 Å². The number of hydrogen-bond donors (Lipinski definition) is 1. The quantitative estimate of drug-likeness (QED) is 0.322. The molecule has 0 radical (unpaired) electrons. The first-order valence-electron chi connectivity index (χ1n) is 10.4. The summed E-state index contributed by atoms with van der Waals surface area (Å²) in [6.07, 6.45) is 0.881. The minimum absolute atomic E-state index is 0.0690. The number of rotatable bonds is 8. The van der Waals surface area contributed by atoms with Gasteiger partial charge in [-0.15, -0.1) is 0 Å². The number of carbonyl (C=O) groups is 2. The number of nitrogens with one attached hydrogen (secondary N) is 1. The Balaban J connectivity index is 1.62. The number of amides is 1. The van der Waals surface area contributed by atoms with E-state index in [1.54, 1.807) is 24.3 Å². The summed E-state index contributed by atoms with van der Waals surface area (Å²) in [4.78, 5) is 26.0.